The monoisotopic (exact) mass is 446 g/mol. The second kappa shape index (κ2) is 8.89. The zero-order chi connectivity index (χ0) is 22.8. The first-order chi connectivity index (χ1) is 16.1. The largest absolute Gasteiger partial charge is 0.484 e. The summed E-state index contributed by atoms with van der Waals surface area (Å²) < 4.78 is 7.69. The molecule has 0 radical (unpaired) electrons. The molecule has 5 rings (SSSR count). The smallest absolute Gasteiger partial charge is 0.260 e. The average molecular weight is 447 g/mol. The van der Waals surface area contributed by atoms with Crippen LogP contribution in [0.15, 0.2) is 54.6 Å². The van der Waals surface area contributed by atoms with Gasteiger partial charge in [0.15, 0.2) is 6.61 Å². The number of carbonyl (C=O) groups excluding carboxylic acids is 2. The van der Waals surface area contributed by atoms with E-state index in [1.54, 1.807) is 0 Å². The lowest BCUT2D eigenvalue weighted by Crippen LogP contribution is -2.42. The Bertz CT molecular complexity index is 1150. The number of imidazole rings is 1. The standard InChI is InChI=1S/C26H30N4O3/c1-29-22-10-6-5-9-21(22)28-23(29)11-14-27-25(32)20-17-26(20)12-15-30(16-13-26)24(31)18-33-19-7-3-2-4-8-19/h2-10,20H,11-18H2,1H3,(H,27,32). The number of ether oxygens (including phenoxy) is 1. The molecule has 2 amide bonds. The minimum Gasteiger partial charge on any atom is -0.484 e. The van der Waals surface area contributed by atoms with E-state index in [2.05, 4.69) is 20.9 Å². The number of aryl methyl sites for hydroxylation is 1. The van der Waals surface area contributed by atoms with Crippen LogP contribution >= 0.6 is 0 Å². The summed E-state index contributed by atoms with van der Waals surface area (Å²) in [5.74, 6) is 1.90. The number of nitrogens with one attached hydrogen (secondary N) is 1. The highest BCUT2D eigenvalue weighted by Crippen LogP contribution is 2.59. The third kappa shape index (κ3) is 4.45. The van der Waals surface area contributed by atoms with Crippen LogP contribution in [0, 0.1) is 11.3 Å². The Labute approximate surface area is 193 Å². The lowest BCUT2D eigenvalue weighted by molar-refractivity contribution is -0.135. The number of aromatic nitrogens is 2. The number of para-hydroxylation sites is 3. The zero-order valence-corrected chi connectivity index (χ0v) is 19.0. The van der Waals surface area contributed by atoms with E-state index in [9.17, 15) is 9.59 Å². The number of hydrogen-bond donors (Lipinski definition) is 1. The summed E-state index contributed by atoms with van der Waals surface area (Å²) in [6.45, 7) is 2.04. The van der Waals surface area contributed by atoms with Crippen molar-refractivity contribution in [3.05, 3.63) is 60.4 Å². The van der Waals surface area contributed by atoms with Crippen LogP contribution in [0.5, 0.6) is 5.75 Å². The first-order valence-corrected chi connectivity index (χ1v) is 11.7. The highest BCUT2D eigenvalue weighted by atomic mass is 16.5. The highest BCUT2D eigenvalue weighted by Gasteiger charge is 2.58. The van der Waals surface area contributed by atoms with Gasteiger partial charge in [-0.1, -0.05) is 30.3 Å². The Hall–Kier alpha value is -3.35. The zero-order valence-electron chi connectivity index (χ0n) is 19.0. The highest BCUT2D eigenvalue weighted by molar-refractivity contribution is 5.83. The maximum Gasteiger partial charge on any atom is 0.260 e. The predicted octanol–water partition coefficient (Wildman–Crippen LogP) is 2.94. The molecule has 2 aromatic carbocycles. The third-order valence-corrected chi connectivity index (χ3v) is 7.25. The van der Waals surface area contributed by atoms with E-state index in [1.165, 1.54) is 0 Å². The van der Waals surface area contributed by atoms with Gasteiger partial charge in [0.05, 0.1) is 11.0 Å². The van der Waals surface area contributed by atoms with E-state index in [0.29, 0.717) is 31.8 Å². The molecule has 1 aliphatic carbocycles. The van der Waals surface area contributed by atoms with Crippen LogP contribution in [0.4, 0.5) is 0 Å². The minimum absolute atomic E-state index is 0.0119. The number of piperidine rings is 1. The van der Waals surface area contributed by atoms with E-state index >= 15 is 0 Å². The Kier molecular flexibility index (Phi) is 5.79. The van der Waals surface area contributed by atoms with Crippen LogP contribution < -0.4 is 10.1 Å². The molecule has 1 saturated carbocycles. The number of hydrogen-bond acceptors (Lipinski definition) is 4. The first kappa shape index (κ1) is 21.5. The van der Waals surface area contributed by atoms with Crippen molar-refractivity contribution in [2.75, 3.05) is 26.2 Å². The Balaban J connectivity index is 1.06. The maximum atomic E-state index is 12.8. The molecule has 1 unspecified atom stereocenters. The van der Waals surface area contributed by atoms with Crippen molar-refractivity contribution < 1.29 is 14.3 Å². The SMILES string of the molecule is Cn1c(CCNC(=O)C2CC23CCN(C(=O)COc2ccccc2)CC3)nc2ccccc21. The van der Waals surface area contributed by atoms with Gasteiger partial charge in [0, 0.05) is 39.0 Å². The van der Waals surface area contributed by atoms with E-state index in [0.717, 1.165) is 36.1 Å². The molecule has 1 atom stereocenters. The lowest BCUT2D eigenvalue weighted by atomic mass is 9.90. The van der Waals surface area contributed by atoms with Crippen molar-refractivity contribution in [3.63, 3.8) is 0 Å². The van der Waals surface area contributed by atoms with Crippen molar-refractivity contribution in [1.29, 1.82) is 0 Å². The molecule has 1 aliphatic heterocycles. The van der Waals surface area contributed by atoms with Crippen LogP contribution in [-0.2, 0) is 23.1 Å². The van der Waals surface area contributed by atoms with Gasteiger partial charge in [0.1, 0.15) is 11.6 Å². The van der Waals surface area contributed by atoms with Gasteiger partial charge < -0.3 is 19.5 Å². The molecule has 3 aromatic rings. The molecule has 0 bridgehead atoms. The van der Waals surface area contributed by atoms with Gasteiger partial charge in [0.2, 0.25) is 5.91 Å². The molecule has 2 fully saturated rings. The summed E-state index contributed by atoms with van der Waals surface area (Å²) in [4.78, 5) is 31.8. The Morgan fingerprint density at radius 2 is 1.82 bits per heavy atom. The van der Waals surface area contributed by atoms with Gasteiger partial charge >= 0.3 is 0 Å². The van der Waals surface area contributed by atoms with Gasteiger partial charge in [-0.15, -0.1) is 0 Å². The summed E-state index contributed by atoms with van der Waals surface area (Å²) in [6.07, 6.45) is 3.40. The quantitative estimate of drug-likeness (QED) is 0.606. The Morgan fingerprint density at radius 3 is 2.58 bits per heavy atom. The second-order valence-corrected chi connectivity index (χ2v) is 9.22. The molecule has 1 saturated heterocycles. The lowest BCUT2D eigenvalue weighted by Gasteiger charge is -2.32. The van der Waals surface area contributed by atoms with Gasteiger partial charge in [-0.3, -0.25) is 9.59 Å². The number of likely N-dealkylation sites (tertiary alicyclic amines) is 1. The Morgan fingerprint density at radius 1 is 1.09 bits per heavy atom. The number of carbonyl (C=O) groups is 2. The third-order valence-electron chi connectivity index (χ3n) is 7.25. The molecule has 1 spiro atoms. The van der Waals surface area contributed by atoms with E-state index in [-0.39, 0.29) is 29.8 Å². The van der Waals surface area contributed by atoms with Crippen LogP contribution in [0.3, 0.4) is 0 Å². The predicted molar refractivity (Wildman–Crippen MR) is 126 cm³/mol. The van der Waals surface area contributed by atoms with Gasteiger partial charge in [0.25, 0.3) is 5.91 Å². The molecule has 33 heavy (non-hydrogen) atoms. The molecule has 1 aromatic heterocycles. The van der Waals surface area contributed by atoms with Crippen LogP contribution in [0.2, 0.25) is 0 Å². The summed E-state index contributed by atoms with van der Waals surface area (Å²) in [6, 6.07) is 17.5. The van der Waals surface area contributed by atoms with Crippen molar-refractivity contribution >= 4 is 22.8 Å². The molecular formula is C26H30N4O3. The number of amides is 2. The van der Waals surface area contributed by atoms with E-state index in [4.69, 9.17) is 4.74 Å². The fraction of sp³-hybridized carbons (Fsp3) is 0.423. The fourth-order valence-corrected chi connectivity index (χ4v) is 5.07. The average Bonchev–Trinajstić information content (AvgIpc) is 3.46. The number of fused-ring (bicyclic) bond motifs is 1. The summed E-state index contributed by atoms with van der Waals surface area (Å²) in [5, 5.41) is 3.12. The molecule has 7 heteroatoms. The topological polar surface area (TPSA) is 76.5 Å². The second-order valence-electron chi connectivity index (χ2n) is 9.22. The van der Waals surface area contributed by atoms with Crippen LogP contribution in [0.25, 0.3) is 11.0 Å². The summed E-state index contributed by atoms with van der Waals surface area (Å²) >= 11 is 0. The van der Waals surface area contributed by atoms with E-state index < -0.39 is 0 Å². The van der Waals surface area contributed by atoms with Crippen molar-refractivity contribution in [3.8, 4) is 5.75 Å². The van der Waals surface area contributed by atoms with Crippen molar-refractivity contribution in [2.24, 2.45) is 18.4 Å². The van der Waals surface area contributed by atoms with E-state index in [1.807, 2.05) is 60.5 Å². The molecular weight excluding hydrogens is 416 g/mol. The first-order valence-electron chi connectivity index (χ1n) is 11.7. The molecule has 1 N–H and O–H groups in total. The number of benzene rings is 2. The van der Waals surface area contributed by atoms with Crippen LogP contribution in [0.1, 0.15) is 25.1 Å². The van der Waals surface area contributed by atoms with Gasteiger partial charge in [-0.25, -0.2) is 4.98 Å². The molecule has 7 nitrogen and oxygen atoms in total. The molecule has 2 aliphatic rings. The van der Waals surface area contributed by atoms with Gasteiger partial charge in [-0.05, 0) is 48.9 Å². The minimum atomic E-state index is 0.0119. The maximum absolute atomic E-state index is 12.8. The van der Waals surface area contributed by atoms with Crippen LogP contribution in [-0.4, -0.2) is 52.5 Å². The number of nitrogens with zero attached hydrogens (tertiary/aromatic N) is 3. The summed E-state index contributed by atoms with van der Waals surface area (Å²) in [7, 11) is 2.02. The van der Waals surface area contributed by atoms with Crippen molar-refractivity contribution in [2.45, 2.75) is 25.7 Å². The number of rotatable bonds is 7. The molecule has 172 valence electrons. The van der Waals surface area contributed by atoms with Crippen molar-refractivity contribution in [1.82, 2.24) is 19.8 Å². The normalized spacial score (nSPS) is 18.9. The van der Waals surface area contributed by atoms with Gasteiger partial charge in [-0.2, -0.15) is 0 Å². The summed E-state index contributed by atoms with van der Waals surface area (Å²) in [5.41, 5.74) is 2.16. The molecule has 2 heterocycles. The fourth-order valence-electron chi connectivity index (χ4n) is 5.07.